The van der Waals surface area contributed by atoms with Gasteiger partial charge in [0.25, 0.3) is 5.91 Å². The molecular formula is C15H20ClNO3. The molecule has 1 unspecified atom stereocenters. The molecule has 2 rings (SSSR count). The van der Waals surface area contributed by atoms with Crippen molar-refractivity contribution in [2.45, 2.75) is 44.8 Å². The molecule has 0 bridgehead atoms. The van der Waals surface area contributed by atoms with Crippen LogP contribution in [-0.2, 0) is 4.79 Å². The van der Waals surface area contributed by atoms with Gasteiger partial charge in [-0.05, 0) is 56.9 Å². The number of nitrogens with one attached hydrogen (secondary N) is 1. The maximum absolute atomic E-state index is 11.9. The molecule has 5 heteroatoms. The summed E-state index contributed by atoms with van der Waals surface area (Å²) in [6.07, 6.45) is 1.90. The van der Waals surface area contributed by atoms with Crippen LogP contribution in [0.15, 0.2) is 18.2 Å². The Balaban J connectivity index is 1.85. The van der Waals surface area contributed by atoms with Crippen LogP contribution in [0.1, 0.15) is 31.7 Å². The average Bonchev–Trinajstić information content (AvgIpc) is 2.38. The fourth-order valence-corrected chi connectivity index (χ4v) is 2.22. The molecule has 1 saturated carbocycles. The summed E-state index contributed by atoms with van der Waals surface area (Å²) in [4.78, 5) is 11.9. The minimum atomic E-state index is -0.716. The average molecular weight is 298 g/mol. The van der Waals surface area contributed by atoms with Gasteiger partial charge in [0.1, 0.15) is 5.75 Å². The minimum absolute atomic E-state index is 0.224. The van der Waals surface area contributed by atoms with Crippen LogP contribution in [0.3, 0.4) is 0 Å². The highest BCUT2D eigenvalue weighted by atomic mass is 35.5. The Labute approximate surface area is 124 Å². The summed E-state index contributed by atoms with van der Waals surface area (Å²) in [6, 6.07) is 5.28. The lowest BCUT2D eigenvalue weighted by atomic mass is 9.80. The first-order chi connectivity index (χ1) is 9.39. The summed E-state index contributed by atoms with van der Waals surface area (Å²) in [5.74, 6) is 0.384. The number of rotatable bonds is 5. The van der Waals surface area contributed by atoms with Gasteiger partial charge in [-0.3, -0.25) is 4.79 Å². The number of hydrogen-bond acceptors (Lipinski definition) is 3. The molecule has 0 saturated heterocycles. The molecule has 1 fully saturated rings. The van der Waals surface area contributed by atoms with Crippen LogP contribution < -0.4 is 10.1 Å². The topological polar surface area (TPSA) is 58.6 Å². The zero-order valence-corrected chi connectivity index (χ0v) is 12.5. The number of carbonyl (C=O) groups excluding carboxylic acids is 1. The van der Waals surface area contributed by atoms with Crippen molar-refractivity contribution in [1.82, 2.24) is 5.32 Å². The van der Waals surface area contributed by atoms with E-state index < -0.39 is 11.7 Å². The van der Waals surface area contributed by atoms with E-state index in [0.29, 0.717) is 17.3 Å². The summed E-state index contributed by atoms with van der Waals surface area (Å²) in [7, 11) is 0. The molecule has 2 N–H and O–H groups in total. The minimum Gasteiger partial charge on any atom is -0.481 e. The molecular weight excluding hydrogens is 278 g/mol. The van der Waals surface area contributed by atoms with Gasteiger partial charge in [-0.1, -0.05) is 11.6 Å². The van der Waals surface area contributed by atoms with Crippen LogP contribution in [0.2, 0.25) is 5.02 Å². The number of benzene rings is 1. The van der Waals surface area contributed by atoms with E-state index in [9.17, 15) is 9.90 Å². The van der Waals surface area contributed by atoms with E-state index in [1.165, 1.54) is 0 Å². The lowest BCUT2D eigenvalue weighted by molar-refractivity contribution is -0.129. The second-order valence-electron chi connectivity index (χ2n) is 5.47. The van der Waals surface area contributed by atoms with Crippen LogP contribution in [0.4, 0.5) is 0 Å². The first-order valence-corrected chi connectivity index (χ1v) is 7.20. The van der Waals surface area contributed by atoms with Gasteiger partial charge in [0.2, 0.25) is 0 Å². The fourth-order valence-electron chi connectivity index (χ4n) is 2.11. The van der Waals surface area contributed by atoms with E-state index in [0.717, 1.165) is 24.8 Å². The SMILES string of the molecule is Cc1cc(OC(C)C(=O)NCC2(O)CCC2)ccc1Cl. The zero-order chi connectivity index (χ0) is 14.8. The maximum Gasteiger partial charge on any atom is 0.260 e. The number of hydrogen-bond donors (Lipinski definition) is 2. The van der Waals surface area contributed by atoms with E-state index in [-0.39, 0.29) is 5.91 Å². The van der Waals surface area contributed by atoms with Crippen molar-refractivity contribution >= 4 is 17.5 Å². The van der Waals surface area contributed by atoms with Gasteiger partial charge in [0, 0.05) is 11.6 Å². The molecule has 1 aliphatic rings. The van der Waals surface area contributed by atoms with Crippen LogP contribution >= 0.6 is 11.6 Å². The molecule has 20 heavy (non-hydrogen) atoms. The quantitative estimate of drug-likeness (QED) is 0.877. The zero-order valence-electron chi connectivity index (χ0n) is 11.8. The van der Waals surface area contributed by atoms with Gasteiger partial charge < -0.3 is 15.2 Å². The largest absolute Gasteiger partial charge is 0.481 e. The van der Waals surface area contributed by atoms with Crippen molar-refractivity contribution in [1.29, 1.82) is 0 Å². The number of halogens is 1. The van der Waals surface area contributed by atoms with Gasteiger partial charge in [-0.25, -0.2) is 0 Å². The first-order valence-electron chi connectivity index (χ1n) is 6.82. The van der Waals surface area contributed by atoms with E-state index in [4.69, 9.17) is 16.3 Å². The van der Waals surface area contributed by atoms with Crippen LogP contribution in [-0.4, -0.2) is 29.3 Å². The van der Waals surface area contributed by atoms with Gasteiger partial charge in [-0.2, -0.15) is 0 Å². The maximum atomic E-state index is 11.9. The van der Waals surface area contributed by atoms with Gasteiger partial charge >= 0.3 is 0 Å². The summed E-state index contributed by atoms with van der Waals surface area (Å²) < 4.78 is 5.58. The van der Waals surface area contributed by atoms with E-state index in [2.05, 4.69) is 5.32 Å². The van der Waals surface area contributed by atoms with Crippen molar-refractivity contribution in [3.8, 4) is 5.75 Å². The monoisotopic (exact) mass is 297 g/mol. The third kappa shape index (κ3) is 3.64. The predicted octanol–water partition coefficient (Wildman–Crippen LogP) is 2.45. The standard InChI is InChI=1S/C15H20ClNO3/c1-10-8-12(4-5-13(10)16)20-11(2)14(18)17-9-15(19)6-3-7-15/h4-5,8,11,19H,3,6-7,9H2,1-2H3,(H,17,18). The Kier molecular flexibility index (Phi) is 4.55. The van der Waals surface area contributed by atoms with Crippen LogP contribution in [0.5, 0.6) is 5.75 Å². The van der Waals surface area contributed by atoms with Gasteiger partial charge in [-0.15, -0.1) is 0 Å². The van der Waals surface area contributed by atoms with Gasteiger partial charge in [0.15, 0.2) is 6.10 Å². The Morgan fingerprint density at radius 1 is 1.55 bits per heavy atom. The summed E-state index contributed by atoms with van der Waals surface area (Å²) in [6.45, 7) is 3.86. The molecule has 0 spiro atoms. The second-order valence-corrected chi connectivity index (χ2v) is 5.87. The van der Waals surface area contributed by atoms with Crippen molar-refractivity contribution in [3.05, 3.63) is 28.8 Å². The Bertz CT molecular complexity index is 500. The van der Waals surface area contributed by atoms with Crippen molar-refractivity contribution < 1.29 is 14.6 Å². The highest BCUT2D eigenvalue weighted by Crippen LogP contribution is 2.30. The molecule has 1 atom stereocenters. The van der Waals surface area contributed by atoms with E-state index in [1.807, 2.05) is 6.92 Å². The third-order valence-electron chi connectivity index (χ3n) is 3.69. The molecule has 0 heterocycles. The Morgan fingerprint density at radius 2 is 2.25 bits per heavy atom. The number of carbonyl (C=O) groups is 1. The molecule has 110 valence electrons. The van der Waals surface area contributed by atoms with Crippen LogP contribution in [0, 0.1) is 6.92 Å². The normalized spacial score (nSPS) is 18.0. The highest BCUT2D eigenvalue weighted by Gasteiger charge is 2.34. The lowest BCUT2D eigenvalue weighted by Gasteiger charge is -2.36. The number of aliphatic hydroxyl groups is 1. The number of aryl methyl sites for hydroxylation is 1. The number of ether oxygens (including phenoxy) is 1. The number of amides is 1. The second kappa shape index (κ2) is 6.02. The highest BCUT2D eigenvalue weighted by molar-refractivity contribution is 6.31. The van der Waals surface area contributed by atoms with Crippen LogP contribution in [0.25, 0.3) is 0 Å². The molecule has 1 aromatic rings. The molecule has 0 radical (unpaired) electrons. The summed E-state index contributed by atoms with van der Waals surface area (Å²) in [5, 5.41) is 13.3. The molecule has 4 nitrogen and oxygen atoms in total. The van der Waals surface area contributed by atoms with E-state index in [1.54, 1.807) is 25.1 Å². The Hall–Kier alpha value is -1.26. The molecule has 1 amide bonds. The molecule has 0 aliphatic heterocycles. The fraction of sp³-hybridized carbons (Fsp3) is 0.533. The first kappa shape index (κ1) is 15.1. The van der Waals surface area contributed by atoms with E-state index >= 15 is 0 Å². The lowest BCUT2D eigenvalue weighted by Crippen LogP contribution is -2.50. The van der Waals surface area contributed by atoms with Crippen molar-refractivity contribution in [2.24, 2.45) is 0 Å². The van der Waals surface area contributed by atoms with Gasteiger partial charge in [0.05, 0.1) is 5.60 Å². The summed E-state index contributed by atoms with van der Waals surface area (Å²) >= 11 is 5.94. The molecule has 1 aliphatic carbocycles. The smallest absolute Gasteiger partial charge is 0.260 e. The Morgan fingerprint density at radius 3 is 2.80 bits per heavy atom. The van der Waals surface area contributed by atoms with Crippen molar-refractivity contribution in [3.63, 3.8) is 0 Å². The predicted molar refractivity (Wildman–Crippen MR) is 78.1 cm³/mol. The van der Waals surface area contributed by atoms with Crippen molar-refractivity contribution in [2.75, 3.05) is 6.54 Å². The summed E-state index contributed by atoms with van der Waals surface area (Å²) in [5.41, 5.74) is 0.187. The third-order valence-corrected chi connectivity index (χ3v) is 4.11. The molecule has 1 aromatic carbocycles. The molecule has 0 aromatic heterocycles.